The minimum absolute atomic E-state index is 0.113. The van der Waals surface area contributed by atoms with E-state index in [1.165, 1.54) is 12.1 Å². The molecule has 0 aliphatic carbocycles. The summed E-state index contributed by atoms with van der Waals surface area (Å²) >= 11 is 0. The Hall–Kier alpha value is -2.23. The fraction of sp³-hybridized carbons (Fsp3) is 0.0769. The van der Waals surface area contributed by atoms with Gasteiger partial charge in [0.05, 0.1) is 5.69 Å². The Bertz CT molecular complexity index is 535. The average molecular weight is 231 g/mol. The zero-order chi connectivity index (χ0) is 12.4. The van der Waals surface area contributed by atoms with Crippen molar-refractivity contribution < 1.29 is 4.39 Å². The first-order valence-corrected chi connectivity index (χ1v) is 5.24. The van der Waals surface area contributed by atoms with Gasteiger partial charge in [0.2, 0.25) is 0 Å². The van der Waals surface area contributed by atoms with Crippen LogP contribution in [0, 0.1) is 5.82 Å². The highest BCUT2D eigenvalue weighted by molar-refractivity contribution is 5.63. The smallest absolute Gasteiger partial charge is 0.146 e. The van der Waals surface area contributed by atoms with Crippen molar-refractivity contribution in [3.63, 3.8) is 0 Å². The van der Waals surface area contributed by atoms with E-state index < -0.39 is 5.82 Å². The van der Waals surface area contributed by atoms with E-state index >= 15 is 0 Å². The Kier molecular flexibility index (Phi) is 2.87. The molecule has 2 aromatic carbocycles. The Morgan fingerprint density at radius 2 is 1.53 bits per heavy atom. The summed E-state index contributed by atoms with van der Waals surface area (Å²) in [6.45, 7) is 0. The number of rotatable bonds is 2. The summed E-state index contributed by atoms with van der Waals surface area (Å²) in [5.74, 6) is -0.440. The Morgan fingerprint density at radius 3 is 2.18 bits per heavy atom. The SMILES string of the molecule is Nc1ccc(Cc2c(N)ccc(F)c2N)cc1. The lowest BCUT2D eigenvalue weighted by atomic mass is 10.0. The third-order valence-corrected chi connectivity index (χ3v) is 2.70. The fourth-order valence-electron chi connectivity index (χ4n) is 1.69. The number of anilines is 3. The fourth-order valence-corrected chi connectivity index (χ4v) is 1.69. The molecule has 0 radical (unpaired) electrons. The molecule has 2 aromatic rings. The van der Waals surface area contributed by atoms with Crippen LogP contribution < -0.4 is 17.2 Å². The maximum atomic E-state index is 13.3. The summed E-state index contributed by atoms with van der Waals surface area (Å²) in [6, 6.07) is 10.1. The van der Waals surface area contributed by atoms with Gasteiger partial charge in [-0.3, -0.25) is 0 Å². The molecule has 4 heteroatoms. The van der Waals surface area contributed by atoms with Crippen molar-refractivity contribution in [3.05, 3.63) is 53.3 Å². The second-order valence-corrected chi connectivity index (χ2v) is 3.95. The standard InChI is InChI=1S/C13H14FN3/c14-11-5-6-12(16)10(13(11)17)7-8-1-3-9(15)4-2-8/h1-6H,7,15-17H2. The van der Waals surface area contributed by atoms with E-state index in [9.17, 15) is 4.39 Å². The van der Waals surface area contributed by atoms with Crippen LogP contribution in [0.5, 0.6) is 0 Å². The molecule has 0 fully saturated rings. The highest BCUT2D eigenvalue weighted by atomic mass is 19.1. The molecule has 0 saturated carbocycles. The predicted octanol–water partition coefficient (Wildman–Crippen LogP) is 2.16. The first-order chi connectivity index (χ1) is 8.08. The Balaban J connectivity index is 2.36. The van der Waals surface area contributed by atoms with Gasteiger partial charge in [-0.25, -0.2) is 4.39 Å². The van der Waals surface area contributed by atoms with Crippen molar-refractivity contribution >= 4 is 17.1 Å². The lowest BCUT2D eigenvalue weighted by Crippen LogP contribution is -2.03. The molecular formula is C13H14FN3. The van der Waals surface area contributed by atoms with Crippen molar-refractivity contribution in [2.24, 2.45) is 0 Å². The second kappa shape index (κ2) is 4.33. The summed E-state index contributed by atoms with van der Waals surface area (Å²) in [7, 11) is 0. The van der Waals surface area contributed by atoms with Crippen LogP contribution in [0.1, 0.15) is 11.1 Å². The van der Waals surface area contributed by atoms with Gasteiger partial charge < -0.3 is 17.2 Å². The first kappa shape index (κ1) is 11.3. The van der Waals surface area contributed by atoms with Crippen LogP contribution in [0.4, 0.5) is 21.5 Å². The molecule has 0 amide bonds. The molecule has 0 aromatic heterocycles. The van der Waals surface area contributed by atoms with Crippen molar-refractivity contribution in [2.75, 3.05) is 17.2 Å². The largest absolute Gasteiger partial charge is 0.399 e. The zero-order valence-corrected chi connectivity index (χ0v) is 9.28. The van der Waals surface area contributed by atoms with Gasteiger partial charge in [-0.1, -0.05) is 12.1 Å². The zero-order valence-electron chi connectivity index (χ0n) is 9.28. The van der Waals surface area contributed by atoms with Crippen molar-refractivity contribution in [2.45, 2.75) is 6.42 Å². The molecule has 17 heavy (non-hydrogen) atoms. The minimum Gasteiger partial charge on any atom is -0.399 e. The van der Waals surface area contributed by atoms with Crippen LogP contribution in [-0.4, -0.2) is 0 Å². The molecule has 0 unspecified atom stereocenters. The molecule has 0 heterocycles. The first-order valence-electron chi connectivity index (χ1n) is 5.24. The van der Waals surface area contributed by atoms with Crippen LogP contribution in [0.3, 0.4) is 0 Å². The number of hydrogen-bond acceptors (Lipinski definition) is 3. The molecule has 3 nitrogen and oxygen atoms in total. The summed E-state index contributed by atoms with van der Waals surface area (Å²) in [6.07, 6.45) is 0.496. The van der Waals surface area contributed by atoms with E-state index in [1.54, 1.807) is 12.1 Å². The third-order valence-electron chi connectivity index (χ3n) is 2.70. The van der Waals surface area contributed by atoms with E-state index in [1.807, 2.05) is 12.1 Å². The van der Waals surface area contributed by atoms with Gasteiger partial charge in [0.15, 0.2) is 0 Å². The predicted molar refractivity (Wildman–Crippen MR) is 68.9 cm³/mol. The number of hydrogen-bond donors (Lipinski definition) is 3. The number of nitrogens with two attached hydrogens (primary N) is 3. The molecule has 0 saturated heterocycles. The van der Waals surface area contributed by atoms with Gasteiger partial charge in [0.1, 0.15) is 5.82 Å². The highest BCUT2D eigenvalue weighted by Gasteiger charge is 2.09. The summed E-state index contributed by atoms with van der Waals surface area (Å²) in [4.78, 5) is 0. The normalized spacial score (nSPS) is 10.4. The second-order valence-electron chi connectivity index (χ2n) is 3.95. The Morgan fingerprint density at radius 1 is 0.882 bits per heavy atom. The Labute approximate surface area is 99.0 Å². The van der Waals surface area contributed by atoms with Crippen molar-refractivity contribution in [1.29, 1.82) is 0 Å². The monoisotopic (exact) mass is 231 g/mol. The lowest BCUT2D eigenvalue weighted by molar-refractivity contribution is 0.631. The van der Waals surface area contributed by atoms with Gasteiger partial charge in [-0.2, -0.15) is 0 Å². The topological polar surface area (TPSA) is 78.1 Å². The molecule has 6 N–H and O–H groups in total. The van der Waals surface area contributed by atoms with Gasteiger partial charge in [-0.05, 0) is 29.8 Å². The lowest BCUT2D eigenvalue weighted by Gasteiger charge is -2.10. The van der Waals surface area contributed by atoms with Crippen LogP contribution in [0.2, 0.25) is 0 Å². The van der Waals surface area contributed by atoms with E-state index in [0.29, 0.717) is 23.4 Å². The molecule has 2 rings (SSSR count). The van der Waals surface area contributed by atoms with Crippen molar-refractivity contribution in [1.82, 2.24) is 0 Å². The van der Waals surface area contributed by atoms with Gasteiger partial charge in [0.25, 0.3) is 0 Å². The number of benzene rings is 2. The van der Waals surface area contributed by atoms with E-state index in [2.05, 4.69) is 0 Å². The van der Waals surface area contributed by atoms with Gasteiger partial charge >= 0.3 is 0 Å². The van der Waals surface area contributed by atoms with Crippen molar-refractivity contribution in [3.8, 4) is 0 Å². The maximum Gasteiger partial charge on any atom is 0.146 e. The molecule has 0 atom stereocenters. The summed E-state index contributed by atoms with van der Waals surface area (Å²) in [5.41, 5.74) is 20.0. The molecule has 0 spiro atoms. The minimum atomic E-state index is -0.440. The summed E-state index contributed by atoms with van der Waals surface area (Å²) < 4.78 is 13.3. The van der Waals surface area contributed by atoms with Crippen LogP contribution in [-0.2, 0) is 6.42 Å². The number of halogens is 1. The van der Waals surface area contributed by atoms with Crippen LogP contribution >= 0.6 is 0 Å². The van der Waals surface area contributed by atoms with E-state index in [4.69, 9.17) is 17.2 Å². The third kappa shape index (κ3) is 2.30. The van der Waals surface area contributed by atoms with Gasteiger partial charge in [-0.15, -0.1) is 0 Å². The quantitative estimate of drug-likeness (QED) is 0.693. The molecule has 0 aliphatic heterocycles. The van der Waals surface area contributed by atoms with E-state index in [-0.39, 0.29) is 5.69 Å². The van der Waals surface area contributed by atoms with Crippen LogP contribution in [0.25, 0.3) is 0 Å². The van der Waals surface area contributed by atoms with E-state index in [0.717, 1.165) is 5.56 Å². The summed E-state index contributed by atoms with van der Waals surface area (Å²) in [5, 5.41) is 0. The van der Waals surface area contributed by atoms with Crippen LogP contribution in [0.15, 0.2) is 36.4 Å². The molecule has 0 aliphatic rings. The number of nitrogen functional groups attached to an aromatic ring is 3. The molecule has 88 valence electrons. The van der Waals surface area contributed by atoms with Gasteiger partial charge in [0, 0.05) is 23.4 Å². The highest BCUT2D eigenvalue weighted by Crippen LogP contribution is 2.25. The maximum absolute atomic E-state index is 13.3. The average Bonchev–Trinajstić information content (AvgIpc) is 2.32. The molecular weight excluding hydrogens is 217 g/mol. The molecule has 0 bridgehead atoms.